The van der Waals surface area contributed by atoms with Crippen LogP contribution in [0.25, 0.3) is 10.9 Å². The molecule has 28 heavy (non-hydrogen) atoms. The Labute approximate surface area is 164 Å². The van der Waals surface area contributed by atoms with Gasteiger partial charge in [0.05, 0.1) is 6.61 Å². The average Bonchev–Trinajstić information content (AvgIpc) is 3.09. The lowest BCUT2D eigenvalue weighted by Gasteiger charge is -2.32. The second-order valence-electron chi connectivity index (χ2n) is 6.86. The number of fused-ring (bicyclic) bond motifs is 1. The van der Waals surface area contributed by atoms with Crippen LogP contribution < -0.4 is 10.6 Å². The number of hydrogen-bond acceptors (Lipinski definition) is 3. The molecule has 0 spiro atoms. The number of benzene rings is 1. The number of aromatic amines is 1. The van der Waals surface area contributed by atoms with Gasteiger partial charge in [-0.1, -0.05) is 0 Å². The molecule has 0 radical (unpaired) electrons. The molecule has 1 aromatic heterocycles. The molecule has 0 bridgehead atoms. The quantitative estimate of drug-likeness (QED) is 0.542. The fraction of sp³-hybridized carbons (Fsp3) is 0.500. The van der Waals surface area contributed by atoms with E-state index in [0.29, 0.717) is 26.2 Å². The highest BCUT2D eigenvalue weighted by Gasteiger charge is 2.24. The average molecular weight is 389 g/mol. The molecular weight excluding hydrogens is 361 g/mol. The lowest BCUT2D eigenvalue weighted by Crippen LogP contribution is -2.50. The van der Waals surface area contributed by atoms with Crippen LogP contribution >= 0.6 is 0 Å². The fourth-order valence-electron chi connectivity index (χ4n) is 3.49. The molecule has 0 aliphatic carbocycles. The normalized spacial score (nSPS) is 15.7. The highest BCUT2D eigenvalue weighted by Crippen LogP contribution is 2.19. The van der Waals surface area contributed by atoms with Crippen LogP contribution in [0.4, 0.5) is 9.18 Å². The van der Waals surface area contributed by atoms with Crippen molar-refractivity contribution in [1.29, 1.82) is 0 Å². The van der Waals surface area contributed by atoms with E-state index in [2.05, 4.69) is 20.6 Å². The van der Waals surface area contributed by atoms with E-state index in [1.165, 1.54) is 12.1 Å². The molecule has 0 atom stereocenters. The number of amides is 1. The minimum absolute atomic E-state index is 0.234. The highest BCUT2D eigenvalue weighted by molar-refractivity contribution is 5.83. The Kier molecular flexibility index (Phi) is 6.73. The molecule has 3 N–H and O–H groups in total. The predicted molar refractivity (Wildman–Crippen MR) is 108 cm³/mol. The van der Waals surface area contributed by atoms with Crippen LogP contribution in [0.3, 0.4) is 0 Å². The topological polar surface area (TPSA) is 81.8 Å². The van der Waals surface area contributed by atoms with Crippen LogP contribution in [-0.2, 0) is 11.2 Å². The van der Waals surface area contributed by atoms with Gasteiger partial charge in [0.2, 0.25) is 0 Å². The van der Waals surface area contributed by atoms with Crippen molar-refractivity contribution in [3.63, 3.8) is 0 Å². The van der Waals surface area contributed by atoms with Crippen LogP contribution in [0.2, 0.25) is 0 Å². The van der Waals surface area contributed by atoms with Crippen LogP contribution in [0, 0.1) is 5.82 Å². The maximum absolute atomic E-state index is 13.3. The minimum Gasteiger partial charge on any atom is -0.450 e. The maximum Gasteiger partial charge on any atom is 0.409 e. The van der Waals surface area contributed by atoms with Crippen molar-refractivity contribution in [3.8, 4) is 0 Å². The summed E-state index contributed by atoms with van der Waals surface area (Å²) in [6, 6.07) is 5.07. The Morgan fingerprint density at radius 1 is 1.39 bits per heavy atom. The van der Waals surface area contributed by atoms with Crippen LogP contribution in [-0.4, -0.2) is 61.3 Å². The number of rotatable bonds is 5. The summed E-state index contributed by atoms with van der Waals surface area (Å²) in [6.45, 7) is 4.29. The van der Waals surface area contributed by atoms with Gasteiger partial charge in [-0.05, 0) is 49.9 Å². The van der Waals surface area contributed by atoms with Crippen LogP contribution in [0.1, 0.15) is 25.3 Å². The molecule has 1 aromatic carbocycles. The maximum atomic E-state index is 13.3. The summed E-state index contributed by atoms with van der Waals surface area (Å²) < 4.78 is 18.3. The molecule has 0 unspecified atom stereocenters. The second-order valence-corrected chi connectivity index (χ2v) is 6.86. The molecule has 3 rings (SSSR count). The van der Waals surface area contributed by atoms with Gasteiger partial charge in [-0.3, -0.25) is 4.99 Å². The monoisotopic (exact) mass is 389 g/mol. The van der Waals surface area contributed by atoms with Gasteiger partial charge in [0.15, 0.2) is 5.96 Å². The molecule has 7 nitrogen and oxygen atoms in total. The number of nitrogens with one attached hydrogen (secondary N) is 3. The Morgan fingerprint density at radius 2 is 2.18 bits per heavy atom. The lowest BCUT2D eigenvalue weighted by molar-refractivity contribution is 0.0963. The van der Waals surface area contributed by atoms with Crippen molar-refractivity contribution in [1.82, 2.24) is 20.5 Å². The first-order valence-corrected chi connectivity index (χ1v) is 9.75. The summed E-state index contributed by atoms with van der Waals surface area (Å²) in [7, 11) is 1.75. The second kappa shape index (κ2) is 9.43. The standard InChI is InChI=1S/C20H28FN5O2/c1-3-28-20(27)26-10-7-16(8-11-26)25-19(22-2)23-9-6-14-13-24-18-12-15(21)4-5-17(14)18/h4-5,12-13,16,24H,3,6-11H2,1-2H3,(H2,22,23,25). The molecule has 8 heteroatoms. The van der Waals surface area contributed by atoms with Gasteiger partial charge in [0, 0.05) is 49.8 Å². The van der Waals surface area contributed by atoms with Gasteiger partial charge in [0.1, 0.15) is 5.82 Å². The summed E-state index contributed by atoms with van der Waals surface area (Å²) in [4.78, 5) is 20.9. The zero-order chi connectivity index (χ0) is 19.9. The smallest absolute Gasteiger partial charge is 0.409 e. The van der Waals surface area contributed by atoms with Crippen LogP contribution in [0.15, 0.2) is 29.4 Å². The number of carbonyl (C=O) groups excluding carboxylic acids is 1. The molecule has 1 fully saturated rings. The fourth-order valence-corrected chi connectivity index (χ4v) is 3.49. The summed E-state index contributed by atoms with van der Waals surface area (Å²) >= 11 is 0. The molecular formula is C20H28FN5O2. The molecule has 152 valence electrons. The van der Waals surface area contributed by atoms with Gasteiger partial charge in [-0.15, -0.1) is 0 Å². The predicted octanol–water partition coefficient (Wildman–Crippen LogP) is 2.64. The Balaban J connectivity index is 1.44. The summed E-state index contributed by atoms with van der Waals surface area (Å²) in [5.41, 5.74) is 1.95. The van der Waals surface area contributed by atoms with Crippen molar-refractivity contribution in [2.24, 2.45) is 4.99 Å². The molecule has 1 aliphatic heterocycles. The lowest BCUT2D eigenvalue weighted by atomic mass is 10.1. The molecule has 2 heterocycles. The summed E-state index contributed by atoms with van der Waals surface area (Å²) in [5, 5.41) is 7.79. The molecule has 2 aromatic rings. The van der Waals surface area contributed by atoms with Gasteiger partial charge in [-0.25, -0.2) is 9.18 Å². The summed E-state index contributed by atoms with van der Waals surface area (Å²) in [6.07, 6.45) is 4.20. The van der Waals surface area contributed by atoms with Crippen molar-refractivity contribution in [2.45, 2.75) is 32.2 Å². The van der Waals surface area contributed by atoms with E-state index >= 15 is 0 Å². The SMILES string of the molecule is CCOC(=O)N1CCC(NC(=NC)NCCc2c[nH]c3cc(F)ccc23)CC1. The molecule has 1 amide bonds. The third kappa shape index (κ3) is 4.94. The Hall–Kier alpha value is -2.77. The zero-order valence-electron chi connectivity index (χ0n) is 16.4. The van der Waals surface area contributed by atoms with E-state index < -0.39 is 0 Å². The van der Waals surface area contributed by atoms with E-state index in [1.54, 1.807) is 18.0 Å². The first kappa shape index (κ1) is 20.0. The van der Waals surface area contributed by atoms with Crippen molar-refractivity contribution in [3.05, 3.63) is 35.8 Å². The van der Waals surface area contributed by atoms with E-state index in [9.17, 15) is 9.18 Å². The van der Waals surface area contributed by atoms with Crippen molar-refractivity contribution in [2.75, 3.05) is 33.3 Å². The number of H-pyrrole nitrogens is 1. The van der Waals surface area contributed by atoms with Crippen molar-refractivity contribution >= 4 is 23.0 Å². The first-order valence-electron chi connectivity index (χ1n) is 9.75. The molecule has 0 saturated carbocycles. The van der Waals surface area contributed by atoms with E-state index in [4.69, 9.17) is 4.74 Å². The number of aliphatic imine (C=N–C) groups is 1. The van der Waals surface area contributed by atoms with Crippen molar-refractivity contribution < 1.29 is 13.9 Å². The van der Waals surface area contributed by atoms with Crippen LogP contribution in [0.5, 0.6) is 0 Å². The number of nitrogens with zero attached hydrogens (tertiary/aromatic N) is 2. The summed E-state index contributed by atoms with van der Waals surface area (Å²) in [5.74, 6) is 0.512. The largest absolute Gasteiger partial charge is 0.450 e. The number of likely N-dealkylation sites (tertiary alicyclic amines) is 1. The number of halogens is 1. The first-order chi connectivity index (χ1) is 13.6. The number of carbonyl (C=O) groups is 1. The zero-order valence-corrected chi connectivity index (χ0v) is 16.4. The van der Waals surface area contributed by atoms with E-state index in [0.717, 1.165) is 41.7 Å². The van der Waals surface area contributed by atoms with Gasteiger partial charge >= 0.3 is 6.09 Å². The number of aromatic nitrogens is 1. The third-order valence-corrected chi connectivity index (χ3v) is 5.00. The number of piperidine rings is 1. The van der Waals surface area contributed by atoms with Gasteiger partial charge in [0.25, 0.3) is 0 Å². The third-order valence-electron chi connectivity index (χ3n) is 5.00. The van der Waals surface area contributed by atoms with Gasteiger partial charge < -0.3 is 25.3 Å². The van der Waals surface area contributed by atoms with E-state index in [1.807, 2.05) is 13.1 Å². The molecule has 1 saturated heterocycles. The number of guanidine groups is 1. The molecule has 1 aliphatic rings. The number of ether oxygens (including phenoxy) is 1. The highest BCUT2D eigenvalue weighted by atomic mass is 19.1. The van der Waals surface area contributed by atoms with E-state index in [-0.39, 0.29) is 18.0 Å². The van der Waals surface area contributed by atoms with Gasteiger partial charge in [-0.2, -0.15) is 0 Å². The Morgan fingerprint density at radius 3 is 2.89 bits per heavy atom. The minimum atomic E-state index is -0.238. The Bertz CT molecular complexity index is 827. The number of hydrogen-bond donors (Lipinski definition) is 3.